The summed E-state index contributed by atoms with van der Waals surface area (Å²) in [7, 11) is 0. The van der Waals surface area contributed by atoms with Gasteiger partial charge in [-0.25, -0.2) is 0 Å². The minimum absolute atomic E-state index is 0.00853. The highest BCUT2D eigenvalue weighted by molar-refractivity contribution is 5.78. The summed E-state index contributed by atoms with van der Waals surface area (Å²) in [5.74, 6) is 0.393. The van der Waals surface area contributed by atoms with Crippen molar-refractivity contribution in [2.24, 2.45) is 5.92 Å². The molecule has 106 valence electrons. The molecule has 4 heteroatoms. The molecule has 0 radical (unpaired) electrons. The maximum absolute atomic E-state index is 11.8. The molecule has 1 saturated heterocycles. The van der Waals surface area contributed by atoms with Gasteiger partial charge < -0.3 is 4.90 Å². The Morgan fingerprint density at radius 1 is 1.30 bits per heavy atom. The lowest BCUT2D eigenvalue weighted by molar-refractivity contribution is -0.130. The van der Waals surface area contributed by atoms with Crippen LogP contribution in [0.25, 0.3) is 0 Å². The van der Waals surface area contributed by atoms with Crippen LogP contribution < -0.4 is 0 Å². The topological polar surface area (TPSA) is 47.3 Å². The Balaban J connectivity index is 1.95. The second kappa shape index (κ2) is 7.06. The first-order valence-corrected chi connectivity index (χ1v) is 7.10. The van der Waals surface area contributed by atoms with Crippen molar-refractivity contribution in [1.29, 1.82) is 5.26 Å². The predicted octanol–water partition coefficient (Wildman–Crippen LogP) is 1.88. The lowest BCUT2D eigenvalue weighted by atomic mass is 10.1. The molecule has 20 heavy (non-hydrogen) atoms. The third-order valence-electron chi connectivity index (χ3n) is 3.62. The molecule has 0 unspecified atom stereocenters. The first-order chi connectivity index (χ1) is 9.69. The molecule has 1 aromatic rings. The maximum atomic E-state index is 11.8. The average molecular weight is 271 g/mol. The zero-order valence-corrected chi connectivity index (χ0v) is 12.0. The molecule has 0 bridgehead atoms. The van der Waals surface area contributed by atoms with Crippen LogP contribution in [0.2, 0.25) is 0 Å². The number of carbonyl (C=O) groups is 1. The summed E-state index contributed by atoms with van der Waals surface area (Å²) in [4.78, 5) is 16.1. The Hall–Kier alpha value is -1.86. The quantitative estimate of drug-likeness (QED) is 0.843. The number of benzene rings is 1. The summed E-state index contributed by atoms with van der Waals surface area (Å²) in [5, 5.41) is 8.64. The molecule has 4 nitrogen and oxygen atoms in total. The minimum Gasteiger partial charge on any atom is -0.340 e. The molecule has 2 rings (SSSR count). The molecule has 1 aromatic carbocycles. The Bertz CT molecular complexity index is 480. The van der Waals surface area contributed by atoms with Crippen molar-refractivity contribution in [3.8, 4) is 6.07 Å². The van der Waals surface area contributed by atoms with Gasteiger partial charge in [0.25, 0.3) is 0 Å². The first kappa shape index (κ1) is 14.5. The van der Waals surface area contributed by atoms with Crippen LogP contribution in [-0.2, 0) is 11.3 Å². The highest BCUT2D eigenvalue weighted by atomic mass is 16.2. The number of carbonyl (C=O) groups excluding carboxylic acids is 1. The fourth-order valence-electron chi connectivity index (χ4n) is 2.71. The smallest absolute Gasteiger partial charge is 0.236 e. The number of amides is 1. The van der Waals surface area contributed by atoms with Gasteiger partial charge >= 0.3 is 0 Å². The monoisotopic (exact) mass is 271 g/mol. The number of hydrogen-bond donors (Lipinski definition) is 0. The minimum atomic E-state index is -0.0408. The fraction of sp³-hybridized carbons (Fsp3) is 0.500. The Morgan fingerprint density at radius 2 is 2.05 bits per heavy atom. The van der Waals surface area contributed by atoms with Gasteiger partial charge in [-0.3, -0.25) is 9.69 Å². The second-order valence-corrected chi connectivity index (χ2v) is 5.50. The van der Waals surface area contributed by atoms with E-state index in [1.165, 1.54) is 5.56 Å². The highest BCUT2D eigenvalue weighted by Crippen LogP contribution is 2.13. The molecule has 0 N–H and O–H groups in total. The molecule has 0 spiro atoms. The van der Waals surface area contributed by atoms with Crippen LogP contribution in [0, 0.1) is 17.2 Å². The van der Waals surface area contributed by atoms with Crippen molar-refractivity contribution in [1.82, 2.24) is 9.80 Å². The Morgan fingerprint density at radius 3 is 2.75 bits per heavy atom. The fourth-order valence-corrected chi connectivity index (χ4v) is 2.71. The van der Waals surface area contributed by atoms with E-state index in [-0.39, 0.29) is 12.3 Å². The number of hydrogen-bond acceptors (Lipinski definition) is 3. The molecule has 1 aliphatic heterocycles. The van der Waals surface area contributed by atoms with Crippen molar-refractivity contribution < 1.29 is 4.79 Å². The van der Waals surface area contributed by atoms with Crippen LogP contribution in [-0.4, -0.2) is 41.9 Å². The average Bonchev–Trinajstić information content (AvgIpc) is 2.62. The Labute approximate surface area is 120 Å². The molecule has 1 amide bonds. The van der Waals surface area contributed by atoms with Crippen molar-refractivity contribution >= 4 is 5.91 Å². The zero-order valence-electron chi connectivity index (χ0n) is 12.0. The van der Waals surface area contributed by atoms with Gasteiger partial charge in [-0.05, 0) is 11.5 Å². The summed E-state index contributed by atoms with van der Waals surface area (Å²) >= 11 is 0. The molecule has 0 aliphatic carbocycles. The first-order valence-electron chi connectivity index (χ1n) is 7.10. The highest BCUT2D eigenvalue weighted by Gasteiger charge is 2.22. The van der Waals surface area contributed by atoms with Gasteiger partial charge in [0, 0.05) is 32.7 Å². The number of rotatable bonds is 3. The van der Waals surface area contributed by atoms with E-state index in [9.17, 15) is 4.79 Å². The standard InChI is InChI=1S/C16H21N3O/c1-14-11-18(13-15-5-3-2-4-6-15)9-10-19(12-14)16(20)7-8-17/h2-6,14H,7,9-13H2,1H3/t14-/m1/s1. The third kappa shape index (κ3) is 4.07. The van der Waals surface area contributed by atoms with E-state index in [0.717, 1.165) is 32.7 Å². The molecule has 0 saturated carbocycles. The van der Waals surface area contributed by atoms with E-state index in [0.29, 0.717) is 5.92 Å². The summed E-state index contributed by atoms with van der Waals surface area (Å²) in [6, 6.07) is 12.3. The summed E-state index contributed by atoms with van der Waals surface area (Å²) in [6.45, 7) is 6.42. The van der Waals surface area contributed by atoms with E-state index in [4.69, 9.17) is 5.26 Å². The molecule has 1 fully saturated rings. The SMILES string of the molecule is C[C@@H]1CN(Cc2ccccc2)CCN(C(=O)CC#N)C1. The normalized spacial score (nSPS) is 20.2. The van der Waals surface area contributed by atoms with E-state index in [1.54, 1.807) is 0 Å². The van der Waals surface area contributed by atoms with Gasteiger partial charge in [0.05, 0.1) is 6.07 Å². The van der Waals surface area contributed by atoms with Gasteiger partial charge in [0.1, 0.15) is 6.42 Å². The summed E-state index contributed by atoms with van der Waals surface area (Å²) in [5.41, 5.74) is 1.30. The van der Waals surface area contributed by atoms with Crippen molar-refractivity contribution in [3.05, 3.63) is 35.9 Å². The van der Waals surface area contributed by atoms with E-state index < -0.39 is 0 Å². The van der Waals surface area contributed by atoms with Crippen LogP contribution in [0.3, 0.4) is 0 Å². The predicted molar refractivity (Wildman–Crippen MR) is 77.7 cm³/mol. The van der Waals surface area contributed by atoms with Gasteiger partial charge in [-0.15, -0.1) is 0 Å². The maximum Gasteiger partial charge on any atom is 0.236 e. The van der Waals surface area contributed by atoms with Crippen LogP contribution in [0.5, 0.6) is 0 Å². The van der Waals surface area contributed by atoms with Gasteiger partial charge in [0.2, 0.25) is 5.91 Å². The number of nitrogens with zero attached hydrogens (tertiary/aromatic N) is 3. The van der Waals surface area contributed by atoms with Gasteiger partial charge in [-0.1, -0.05) is 37.3 Å². The van der Waals surface area contributed by atoms with Gasteiger partial charge in [0.15, 0.2) is 0 Å². The summed E-state index contributed by atoms with van der Waals surface area (Å²) < 4.78 is 0. The lowest BCUT2D eigenvalue weighted by Gasteiger charge is -2.21. The molecule has 1 aliphatic rings. The molecule has 1 heterocycles. The van der Waals surface area contributed by atoms with Crippen molar-refractivity contribution in [3.63, 3.8) is 0 Å². The Kier molecular flexibility index (Phi) is 5.14. The van der Waals surface area contributed by atoms with Crippen LogP contribution in [0.15, 0.2) is 30.3 Å². The zero-order chi connectivity index (χ0) is 14.4. The molecular weight excluding hydrogens is 250 g/mol. The van der Waals surface area contributed by atoms with Crippen molar-refractivity contribution in [2.75, 3.05) is 26.2 Å². The third-order valence-corrected chi connectivity index (χ3v) is 3.62. The van der Waals surface area contributed by atoms with E-state index in [1.807, 2.05) is 17.0 Å². The molecule has 0 aromatic heterocycles. The molecule has 1 atom stereocenters. The van der Waals surface area contributed by atoms with Crippen molar-refractivity contribution in [2.45, 2.75) is 19.9 Å². The van der Waals surface area contributed by atoms with Gasteiger partial charge in [-0.2, -0.15) is 5.26 Å². The molecular formula is C16H21N3O. The number of nitriles is 1. The lowest BCUT2D eigenvalue weighted by Crippen LogP contribution is -2.35. The van der Waals surface area contributed by atoms with E-state index in [2.05, 4.69) is 36.1 Å². The van der Waals surface area contributed by atoms with E-state index >= 15 is 0 Å². The van der Waals surface area contributed by atoms with Crippen LogP contribution >= 0.6 is 0 Å². The largest absolute Gasteiger partial charge is 0.340 e. The second-order valence-electron chi connectivity index (χ2n) is 5.50. The van der Waals surface area contributed by atoms with Crippen LogP contribution in [0.1, 0.15) is 18.9 Å². The van der Waals surface area contributed by atoms with Crippen LogP contribution in [0.4, 0.5) is 0 Å². The summed E-state index contributed by atoms with van der Waals surface area (Å²) in [6.07, 6.45) is -0.00853.